The Balaban J connectivity index is 2.47. The van der Waals surface area contributed by atoms with Crippen LogP contribution in [0.25, 0.3) is 0 Å². The molecule has 2 N–H and O–H groups in total. The molecule has 1 heterocycles. The minimum Gasteiger partial charge on any atom is -0.362 e. The van der Waals surface area contributed by atoms with Gasteiger partial charge in [0.1, 0.15) is 12.4 Å². The monoisotopic (exact) mass is 251 g/mol. The van der Waals surface area contributed by atoms with Gasteiger partial charge in [0.25, 0.3) is 5.69 Å². The van der Waals surface area contributed by atoms with Crippen molar-refractivity contribution in [1.82, 2.24) is 0 Å². The molecule has 18 heavy (non-hydrogen) atoms. The fraction of sp³-hybridized carbons (Fsp3) is 0.364. The Hall–Kier alpha value is -2.15. The number of hydrogen-bond donors (Lipinski definition) is 2. The Morgan fingerprint density at radius 1 is 1.56 bits per heavy atom. The van der Waals surface area contributed by atoms with E-state index in [0.717, 1.165) is 5.56 Å². The number of ether oxygens (including phenoxy) is 1. The molecule has 1 aliphatic rings. The lowest BCUT2D eigenvalue weighted by molar-refractivity contribution is -0.383. The van der Waals surface area contributed by atoms with Gasteiger partial charge < -0.3 is 15.4 Å². The lowest BCUT2D eigenvalue weighted by atomic mass is 10.1. The summed E-state index contributed by atoms with van der Waals surface area (Å²) in [6.45, 7) is 2.18. The molecule has 2 rings (SSSR count). The van der Waals surface area contributed by atoms with Gasteiger partial charge in [-0.15, -0.1) is 0 Å². The Kier molecular flexibility index (Phi) is 3.42. The fourth-order valence-electron chi connectivity index (χ4n) is 1.83. The third kappa shape index (κ3) is 2.57. The van der Waals surface area contributed by atoms with E-state index in [0.29, 0.717) is 25.4 Å². The van der Waals surface area contributed by atoms with Gasteiger partial charge in [-0.1, -0.05) is 0 Å². The first-order valence-corrected chi connectivity index (χ1v) is 5.48. The van der Waals surface area contributed by atoms with Crippen LogP contribution in [-0.4, -0.2) is 24.2 Å². The summed E-state index contributed by atoms with van der Waals surface area (Å²) in [6, 6.07) is 3.05. The highest BCUT2D eigenvalue weighted by atomic mass is 16.6. The van der Waals surface area contributed by atoms with Gasteiger partial charge in [0.15, 0.2) is 0 Å². The Morgan fingerprint density at radius 2 is 2.33 bits per heavy atom. The molecule has 0 fully saturated rings. The van der Waals surface area contributed by atoms with E-state index in [1.165, 1.54) is 13.0 Å². The summed E-state index contributed by atoms with van der Waals surface area (Å²) in [5, 5.41) is 16.4. The molecule has 0 aliphatic carbocycles. The summed E-state index contributed by atoms with van der Waals surface area (Å²) in [6.07, 6.45) is 0.646. The van der Waals surface area contributed by atoms with Crippen LogP contribution in [0.5, 0.6) is 0 Å². The summed E-state index contributed by atoms with van der Waals surface area (Å²) >= 11 is 0. The summed E-state index contributed by atoms with van der Waals surface area (Å²) in [4.78, 5) is 21.5. The number of hydrogen-bond acceptors (Lipinski definition) is 5. The lowest BCUT2D eigenvalue weighted by Crippen LogP contribution is -2.09. The number of carbonyl (C=O) groups excluding carboxylic acids is 1. The van der Waals surface area contributed by atoms with Crippen LogP contribution in [0.2, 0.25) is 0 Å². The normalized spacial score (nSPS) is 14.1. The molecule has 1 aromatic rings. The van der Waals surface area contributed by atoms with Gasteiger partial charge in [-0.25, -0.2) is 0 Å². The van der Waals surface area contributed by atoms with Crippen LogP contribution >= 0.6 is 0 Å². The largest absolute Gasteiger partial charge is 0.362 e. The van der Waals surface area contributed by atoms with E-state index < -0.39 is 4.92 Å². The van der Waals surface area contributed by atoms with E-state index in [4.69, 9.17) is 4.74 Å². The second kappa shape index (κ2) is 5.01. The maximum absolute atomic E-state index is 11.0. The van der Waals surface area contributed by atoms with Gasteiger partial charge in [0.2, 0.25) is 5.91 Å². The Bertz CT molecular complexity index is 501. The van der Waals surface area contributed by atoms with Gasteiger partial charge in [0, 0.05) is 18.7 Å². The average molecular weight is 251 g/mol. The van der Waals surface area contributed by atoms with E-state index in [9.17, 15) is 14.9 Å². The minimum absolute atomic E-state index is 0.127. The van der Waals surface area contributed by atoms with E-state index in [1.807, 2.05) is 0 Å². The summed E-state index contributed by atoms with van der Waals surface area (Å²) in [5.74, 6) is -0.337. The molecule has 0 bridgehead atoms. The van der Waals surface area contributed by atoms with Gasteiger partial charge in [-0.2, -0.15) is 0 Å². The number of fused-ring (bicyclic) bond motifs is 1. The number of nitro groups is 1. The van der Waals surface area contributed by atoms with Crippen LogP contribution in [0.4, 0.5) is 17.1 Å². The SMILES string of the molecule is CC(=O)Nc1cc2c(cc1[N+](=O)[O-])NCOCC2. The van der Waals surface area contributed by atoms with Crippen LogP contribution < -0.4 is 10.6 Å². The number of nitrogens with zero attached hydrogens (tertiary/aromatic N) is 1. The number of rotatable bonds is 2. The first-order chi connectivity index (χ1) is 8.58. The predicted molar refractivity (Wildman–Crippen MR) is 65.5 cm³/mol. The van der Waals surface area contributed by atoms with Crippen molar-refractivity contribution in [2.75, 3.05) is 24.0 Å². The zero-order valence-corrected chi connectivity index (χ0v) is 9.86. The van der Waals surface area contributed by atoms with Gasteiger partial charge in [-0.3, -0.25) is 14.9 Å². The van der Waals surface area contributed by atoms with Crippen LogP contribution in [-0.2, 0) is 16.0 Å². The zero-order chi connectivity index (χ0) is 13.1. The molecule has 7 heteroatoms. The molecule has 96 valence electrons. The molecule has 0 spiro atoms. The highest BCUT2D eigenvalue weighted by molar-refractivity contribution is 5.92. The Labute approximate surface area is 103 Å². The van der Waals surface area contributed by atoms with Crippen molar-refractivity contribution in [3.63, 3.8) is 0 Å². The maximum Gasteiger partial charge on any atom is 0.294 e. The van der Waals surface area contributed by atoms with Crippen LogP contribution in [0, 0.1) is 10.1 Å². The van der Waals surface area contributed by atoms with Crippen LogP contribution in [0.3, 0.4) is 0 Å². The highest BCUT2D eigenvalue weighted by Gasteiger charge is 2.20. The molecule has 1 aliphatic heterocycles. The first kappa shape index (κ1) is 12.3. The number of amides is 1. The van der Waals surface area contributed by atoms with E-state index in [-0.39, 0.29) is 17.3 Å². The topological polar surface area (TPSA) is 93.5 Å². The van der Waals surface area contributed by atoms with Gasteiger partial charge >= 0.3 is 0 Å². The minimum atomic E-state index is -0.515. The molecule has 0 radical (unpaired) electrons. The third-order valence-corrected chi connectivity index (χ3v) is 2.61. The molecular formula is C11H13N3O4. The summed E-state index contributed by atoms with van der Waals surface area (Å²) in [5.41, 5.74) is 1.66. The average Bonchev–Trinajstić information content (AvgIpc) is 2.51. The zero-order valence-electron chi connectivity index (χ0n) is 9.86. The molecule has 0 aromatic heterocycles. The van der Waals surface area contributed by atoms with Crippen molar-refractivity contribution >= 4 is 23.0 Å². The first-order valence-electron chi connectivity index (χ1n) is 5.48. The molecule has 0 atom stereocenters. The van der Waals surface area contributed by atoms with E-state index >= 15 is 0 Å². The van der Waals surface area contributed by atoms with E-state index in [1.54, 1.807) is 6.07 Å². The molecule has 0 saturated heterocycles. The van der Waals surface area contributed by atoms with Crippen molar-refractivity contribution in [2.24, 2.45) is 0 Å². The van der Waals surface area contributed by atoms with Crippen LogP contribution in [0.1, 0.15) is 12.5 Å². The van der Waals surface area contributed by atoms with Crippen LogP contribution in [0.15, 0.2) is 12.1 Å². The smallest absolute Gasteiger partial charge is 0.294 e. The Morgan fingerprint density at radius 3 is 3.00 bits per heavy atom. The molecule has 1 aromatic carbocycles. The quantitative estimate of drug-likeness (QED) is 0.613. The van der Waals surface area contributed by atoms with Crippen molar-refractivity contribution in [2.45, 2.75) is 13.3 Å². The van der Waals surface area contributed by atoms with Crippen molar-refractivity contribution < 1.29 is 14.5 Å². The molecule has 7 nitrogen and oxygen atoms in total. The van der Waals surface area contributed by atoms with Crippen molar-refractivity contribution in [3.8, 4) is 0 Å². The number of nitro benzene ring substituents is 1. The van der Waals surface area contributed by atoms with Crippen molar-refractivity contribution in [1.29, 1.82) is 0 Å². The third-order valence-electron chi connectivity index (χ3n) is 2.61. The summed E-state index contributed by atoms with van der Waals surface area (Å²) < 4.78 is 5.23. The maximum atomic E-state index is 11.0. The second-order valence-electron chi connectivity index (χ2n) is 3.94. The molecule has 0 unspecified atom stereocenters. The highest BCUT2D eigenvalue weighted by Crippen LogP contribution is 2.32. The van der Waals surface area contributed by atoms with Gasteiger partial charge in [-0.05, 0) is 18.1 Å². The molecular weight excluding hydrogens is 238 g/mol. The summed E-state index contributed by atoms with van der Waals surface area (Å²) in [7, 11) is 0. The second-order valence-corrected chi connectivity index (χ2v) is 3.94. The molecule has 1 amide bonds. The number of carbonyl (C=O) groups is 1. The number of anilines is 2. The van der Waals surface area contributed by atoms with E-state index in [2.05, 4.69) is 10.6 Å². The molecule has 0 saturated carbocycles. The van der Waals surface area contributed by atoms with Crippen molar-refractivity contribution in [3.05, 3.63) is 27.8 Å². The number of benzene rings is 1. The lowest BCUT2D eigenvalue weighted by Gasteiger charge is -2.10. The van der Waals surface area contributed by atoms with Gasteiger partial charge in [0.05, 0.1) is 11.5 Å². The fourth-order valence-corrected chi connectivity index (χ4v) is 1.83. The standard InChI is InChI=1S/C11H13N3O4/c1-7(15)13-10-4-8-2-3-18-6-12-9(8)5-11(10)14(16)17/h4-5,12H,2-3,6H2,1H3,(H,13,15). The number of nitrogens with one attached hydrogen (secondary N) is 2. The predicted octanol–water partition coefficient (Wildman–Crippen LogP) is 1.50.